The molecular weight excluding hydrogens is 354 g/mol. The van der Waals surface area contributed by atoms with Crippen molar-refractivity contribution < 1.29 is 14.3 Å². The van der Waals surface area contributed by atoms with Crippen molar-refractivity contribution in [3.63, 3.8) is 0 Å². The van der Waals surface area contributed by atoms with Gasteiger partial charge in [-0.3, -0.25) is 14.5 Å². The Labute approximate surface area is 156 Å². The van der Waals surface area contributed by atoms with E-state index in [0.717, 1.165) is 19.4 Å². The number of nitrogens with zero attached hydrogens (tertiary/aromatic N) is 3. The molecule has 2 aromatic rings. The number of carbonyl (C=O) groups excluding carboxylic acids is 2. The molecular formula is C19H20ClN3O3. The molecule has 1 aliphatic heterocycles. The second-order valence-electron chi connectivity index (χ2n) is 6.69. The standard InChI is InChI=1S/C19H20ClN3O3/c1-12(24)26-11-14-15(20)6-7-21-18(14)23-9-8-22-16-5-3-2-4-13(16)10-17(22)19(23)25/h6-7,10H,2-5,8-9,11H2,1H3. The monoisotopic (exact) mass is 373 g/mol. The predicted octanol–water partition coefficient (Wildman–Crippen LogP) is 3.14. The highest BCUT2D eigenvalue weighted by atomic mass is 35.5. The number of aromatic nitrogens is 2. The van der Waals surface area contributed by atoms with Crippen molar-refractivity contribution in [2.45, 2.75) is 45.8 Å². The number of anilines is 1. The Bertz CT molecular complexity index is 890. The van der Waals surface area contributed by atoms with Gasteiger partial charge in [-0.05, 0) is 43.4 Å². The van der Waals surface area contributed by atoms with E-state index in [1.807, 2.05) is 6.07 Å². The zero-order valence-corrected chi connectivity index (χ0v) is 15.4. The molecule has 0 spiro atoms. The zero-order valence-electron chi connectivity index (χ0n) is 14.6. The van der Waals surface area contributed by atoms with E-state index in [4.69, 9.17) is 16.3 Å². The van der Waals surface area contributed by atoms with Crippen LogP contribution in [0.3, 0.4) is 0 Å². The summed E-state index contributed by atoms with van der Waals surface area (Å²) >= 11 is 6.29. The molecule has 1 aliphatic carbocycles. The van der Waals surface area contributed by atoms with Crippen LogP contribution in [0.4, 0.5) is 5.82 Å². The van der Waals surface area contributed by atoms with Crippen molar-refractivity contribution in [2.24, 2.45) is 0 Å². The van der Waals surface area contributed by atoms with Gasteiger partial charge < -0.3 is 9.30 Å². The lowest BCUT2D eigenvalue weighted by Crippen LogP contribution is -2.41. The van der Waals surface area contributed by atoms with Gasteiger partial charge in [-0.2, -0.15) is 0 Å². The van der Waals surface area contributed by atoms with Crippen LogP contribution < -0.4 is 4.90 Å². The summed E-state index contributed by atoms with van der Waals surface area (Å²) in [6, 6.07) is 3.67. The second-order valence-corrected chi connectivity index (χ2v) is 7.10. The van der Waals surface area contributed by atoms with E-state index < -0.39 is 5.97 Å². The molecule has 6 nitrogen and oxygen atoms in total. The number of carbonyl (C=O) groups is 2. The average molecular weight is 374 g/mol. The van der Waals surface area contributed by atoms with Crippen LogP contribution in [0.5, 0.6) is 0 Å². The molecule has 0 aromatic carbocycles. The van der Waals surface area contributed by atoms with Crippen molar-refractivity contribution in [2.75, 3.05) is 11.4 Å². The van der Waals surface area contributed by atoms with E-state index in [0.29, 0.717) is 28.6 Å². The fourth-order valence-corrected chi connectivity index (χ4v) is 4.03. The molecule has 0 unspecified atom stereocenters. The minimum atomic E-state index is -0.401. The molecule has 0 radical (unpaired) electrons. The van der Waals surface area contributed by atoms with Crippen LogP contribution in [0.2, 0.25) is 5.02 Å². The molecule has 136 valence electrons. The number of pyridine rings is 1. The first kappa shape index (κ1) is 17.1. The summed E-state index contributed by atoms with van der Waals surface area (Å²) in [5.74, 6) is -0.0129. The molecule has 0 saturated carbocycles. The van der Waals surface area contributed by atoms with Crippen LogP contribution in [0.1, 0.15) is 47.1 Å². The van der Waals surface area contributed by atoms with E-state index >= 15 is 0 Å². The Morgan fingerprint density at radius 3 is 2.92 bits per heavy atom. The highest BCUT2D eigenvalue weighted by molar-refractivity contribution is 6.31. The Morgan fingerprint density at radius 1 is 1.31 bits per heavy atom. The maximum atomic E-state index is 13.2. The highest BCUT2D eigenvalue weighted by Crippen LogP contribution is 2.32. The fourth-order valence-electron chi connectivity index (χ4n) is 3.84. The van der Waals surface area contributed by atoms with Gasteiger partial charge in [0.05, 0.1) is 10.6 Å². The third-order valence-corrected chi connectivity index (χ3v) is 5.42. The van der Waals surface area contributed by atoms with Crippen molar-refractivity contribution in [3.8, 4) is 0 Å². The number of hydrogen-bond donors (Lipinski definition) is 0. The van der Waals surface area contributed by atoms with Crippen LogP contribution in [0.25, 0.3) is 0 Å². The molecule has 26 heavy (non-hydrogen) atoms. The number of esters is 1. The summed E-state index contributed by atoms with van der Waals surface area (Å²) < 4.78 is 7.26. The van der Waals surface area contributed by atoms with Crippen LogP contribution in [0.15, 0.2) is 18.3 Å². The van der Waals surface area contributed by atoms with Gasteiger partial charge in [0.15, 0.2) is 0 Å². The Morgan fingerprint density at radius 2 is 2.12 bits per heavy atom. The van der Waals surface area contributed by atoms with Crippen molar-refractivity contribution in [1.82, 2.24) is 9.55 Å². The molecule has 4 rings (SSSR count). The van der Waals surface area contributed by atoms with E-state index in [9.17, 15) is 9.59 Å². The minimum absolute atomic E-state index is 0.00136. The summed E-state index contributed by atoms with van der Waals surface area (Å²) in [6.45, 7) is 2.59. The van der Waals surface area contributed by atoms with Crippen LogP contribution in [0, 0.1) is 0 Å². The quantitative estimate of drug-likeness (QED) is 0.775. The third kappa shape index (κ3) is 2.88. The van der Waals surface area contributed by atoms with Gasteiger partial charge in [0.2, 0.25) is 0 Å². The molecule has 0 N–H and O–H groups in total. The van der Waals surface area contributed by atoms with Crippen molar-refractivity contribution in [1.29, 1.82) is 0 Å². The normalized spacial score (nSPS) is 16.2. The molecule has 0 bridgehead atoms. The third-order valence-electron chi connectivity index (χ3n) is 5.07. The van der Waals surface area contributed by atoms with Gasteiger partial charge in [0.1, 0.15) is 18.1 Å². The summed E-state index contributed by atoms with van der Waals surface area (Å²) in [7, 11) is 0. The molecule has 0 atom stereocenters. The molecule has 7 heteroatoms. The molecule has 3 heterocycles. The van der Waals surface area contributed by atoms with Crippen LogP contribution >= 0.6 is 11.6 Å². The molecule has 0 saturated heterocycles. The van der Waals surface area contributed by atoms with E-state index in [1.54, 1.807) is 17.2 Å². The highest BCUT2D eigenvalue weighted by Gasteiger charge is 2.32. The molecule has 2 aliphatic rings. The molecule has 2 aromatic heterocycles. The van der Waals surface area contributed by atoms with Gasteiger partial charge in [-0.1, -0.05) is 11.6 Å². The van der Waals surface area contributed by atoms with Crippen molar-refractivity contribution >= 4 is 29.3 Å². The number of fused-ring (bicyclic) bond motifs is 3. The Hall–Kier alpha value is -2.34. The SMILES string of the molecule is CC(=O)OCc1c(Cl)ccnc1N1CCn2c(cc3c2CCCC3)C1=O. The van der Waals surface area contributed by atoms with Crippen molar-refractivity contribution in [3.05, 3.63) is 45.9 Å². The Kier molecular flexibility index (Phi) is 4.44. The number of hydrogen-bond acceptors (Lipinski definition) is 4. The predicted molar refractivity (Wildman–Crippen MR) is 97.5 cm³/mol. The van der Waals surface area contributed by atoms with E-state index in [2.05, 4.69) is 9.55 Å². The first-order valence-electron chi connectivity index (χ1n) is 8.86. The maximum absolute atomic E-state index is 13.2. The first-order chi connectivity index (χ1) is 12.6. The summed E-state index contributed by atoms with van der Waals surface area (Å²) in [6.07, 6.45) is 6.00. The zero-order chi connectivity index (χ0) is 18.3. The number of aryl methyl sites for hydroxylation is 1. The summed E-state index contributed by atoms with van der Waals surface area (Å²) in [5, 5.41) is 0.435. The maximum Gasteiger partial charge on any atom is 0.302 e. The number of amides is 1. The van der Waals surface area contributed by atoms with Gasteiger partial charge in [-0.25, -0.2) is 4.98 Å². The second kappa shape index (κ2) is 6.76. The number of halogens is 1. The Balaban J connectivity index is 1.70. The average Bonchev–Trinajstić information content (AvgIpc) is 3.01. The molecule has 0 fully saturated rings. The summed E-state index contributed by atoms with van der Waals surface area (Å²) in [4.78, 5) is 30.3. The largest absolute Gasteiger partial charge is 0.461 e. The first-order valence-corrected chi connectivity index (χ1v) is 9.24. The molecule has 1 amide bonds. The van der Waals surface area contributed by atoms with Crippen LogP contribution in [-0.4, -0.2) is 28.0 Å². The number of rotatable bonds is 3. The lowest BCUT2D eigenvalue weighted by molar-refractivity contribution is -0.142. The van der Waals surface area contributed by atoms with Gasteiger partial charge >= 0.3 is 5.97 Å². The van der Waals surface area contributed by atoms with Gasteiger partial charge in [0.25, 0.3) is 5.91 Å². The minimum Gasteiger partial charge on any atom is -0.461 e. The van der Waals surface area contributed by atoms with Gasteiger partial charge in [-0.15, -0.1) is 0 Å². The fraction of sp³-hybridized carbons (Fsp3) is 0.421. The smallest absolute Gasteiger partial charge is 0.302 e. The summed E-state index contributed by atoms with van der Waals surface area (Å²) in [5.41, 5.74) is 3.87. The van der Waals surface area contributed by atoms with Crippen LogP contribution in [-0.2, 0) is 35.5 Å². The van der Waals surface area contributed by atoms with E-state index in [1.165, 1.54) is 31.0 Å². The number of ether oxygens (including phenoxy) is 1. The topological polar surface area (TPSA) is 64.4 Å². The lowest BCUT2D eigenvalue weighted by atomic mass is 9.98. The lowest BCUT2D eigenvalue weighted by Gasteiger charge is -2.30. The van der Waals surface area contributed by atoms with Gasteiger partial charge in [0, 0.05) is 31.9 Å². The van der Waals surface area contributed by atoms with E-state index in [-0.39, 0.29) is 12.5 Å².